The third-order valence-electron chi connectivity index (χ3n) is 22.1. The van der Waals surface area contributed by atoms with E-state index in [1.165, 1.54) is 126 Å². The van der Waals surface area contributed by atoms with Crippen molar-refractivity contribution in [3.8, 4) is 11.1 Å². The van der Waals surface area contributed by atoms with Crippen LogP contribution >= 0.6 is 0 Å². The van der Waals surface area contributed by atoms with Gasteiger partial charge >= 0.3 is 0 Å². The zero-order chi connectivity index (χ0) is 56.1. The first-order valence-corrected chi connectivity index (χ1v) is 30.7. The van der Waals surface area contributed by atoms with E-state index in [0.717, 1.165) is 53.3 Å². The smallest absolute Gasteiger partial charge is 0.252 e. The van der Waals surface area contributed by atoms with Crippen LogP contribution in [0.25, 0.3) is 33.1 Å². The fraction of sp³-hybridized carbons (Fsp3) is 0.368. The van der Waals surface area contributed by atoms with Gasteiger partial charge in [-0.1, -0.05) is 175 Å². The molecule has 0 spiro atoms. The van der Waals surface area contributed by atoms with Crippen molar-refractivity contribution in [1.29, 1.82) is 0 Å². The Labute approximate surface area is 482 Å². The third-order valence-corrected chi connectivity index (χ3v) is 22.1. The van der Waals surface area contributed by atoms with Gasteiger partial charge in [0.05, 0.1) is 16.6 Å². The van der Waals surface area contributed by atoms with Crippen LogP contribution in [-0.4, -0.2) is 12.3 Å². The monoisotopic (exact) mass is 1060 g/mol. The number of benzene rings is 8. The van der Waals surface area contributed by atoms with Gasteiger partial charge in [-0.05, 0) is 206 Å². The molecule has 0 N–H and O–H groups in total. The van der Waals surface area contributed by atoms with Gasteiger partial charge in [-0.25, -0.2) is 0 Å². The summed E-state index contributed by atoms with van der Waals surface area (Å²) in [6.45, 7) is 32.2. The van der Waals surface area contributed by atoms with Crippen LogP contribution in [0.4, 0.5) is 45.5 Å². The molecule has 4 nitrogen and oxygen atoms in total. The average Bonchev–Trinajstić information content (AvgIpc) is 2.40. The Morgan fingerprint density at radius 2 is 1.04 bits per heavy atom. The fourth-order valence-electron chi connectivity index (χ4n) is 16.8. The minimum absolute atomic E-state index is 0.0162. The van der Waals surface area contributed by atoms with Crippen molar-refractivity contribution >= 4 is 90.5 Å². The summed E-state index contributed by atoms with van der Waals surface area (Å²) in [5, 5.41) is 2.29. The molecule has 0 radical (unpaired) electrons. The summed E-state index contributed by atoms with van der Waals surface area (Å²) in [5.74, 6) is 0. The highest BCUT2D eigenvalue weighted by atomic mass is 16.3. The van der Waals surface area contributed by atoms with Crippen LogP contribution in [0.2, 0.25) is 0 Å². The summed E-state index contributed by atoms with van der Waals surface area (Å²) in [4.78, 5) is 8.22. The van der Waals surface area contributed by atoms with Crippen LogP contribution in [-0.2, 0) is 32.5 Å². The summed E-state index contributed by atoms with van der Waals surface area (Å²) in [7, 11) is 0. The second kappa shape index (κ2) is 16.8. The lowest BCUT2D eigenvalue weighted by Crippen LogP contribution is -2.62. The summed E-state index contributed by atoms with van der Waals surface area (Å²) in [5.41, 5.74) is 27.2. The number of anilines is 8. The van der Waals surface area contributed by atoms with Gasteiger partial charge in [-0.2, -0.15) is 0 Å². The molecule has 15 rings (SSSR count). The SMILES string of the molecule is CC(C)(C)c1cc2c3c(c1)N(c1cccc4oc5ccccc5c14)c1cc(N4c5ccc(-c6ccccc6)cc5C5(C)CCCCC45C)ccc1B3c1cc3c(cc1N2c1ccc2c(c1)C(C)(C)CCC2(C)C)C(C)(C)CCC3(C)C. The van der Waals surface area contributed by atoms with Crippen LogP contribution < -0.4 is 31.1 Å². The predicted octanol–water partition coefficient (Wildman–Crippen LogP) is 19.1. The van der Waals surface area contributed by atoms with E-state index in [1.807, 2.05) is 0 Å². The largest absolute Gasteiger partial charge is 0.456 e. The standard InChI is InChI=1S/C76H80BN3O/c1-70(2,3)49-41-64-69-65(42-49)79(61-25-21-27-67-68(61)52-24-17-18-26-66(52)81-67)62-44-51(80-60-33-28-48(47-22-15-14-16-23-47)40-57(60)75(12)34-19-20-35-76(75,80)13)30-32-58(62)77(69)59-45-55-56(74(10,11)39-38-73(55,8)9)46-63(59)78(64)50-29-31-53-54(43-50)72(6,7)37-36-71(53,4)5/h14-18,21-33,40-46H,19-20,34-39H2,1-13H3. The molecule has 4 heterocycles. The van der Waals surface area contributed by atoms with E-state index in [4.69, 9.17) is 4.42 Å². The first-order valence-electron chi connectivity index (χ1n) is 30.7. The Kier molecular flexibility index (Phi) is 10.6. The van der Waals surface area contributed by atoms with E-state index in [-0.39, 0.29) is 44.7 Å². The van der Waals surface area contributed by atoms with Crippen LogP contribution in [0.15, 0.2) is 156 Å². The van der Waals surface area contributed by atoms with Gasteiger partial charge in [0.2, 0.25) is 0 Å². The molecule has 2 unspecified atom stereocenters. The van der Waals surface area contributed by atoms with E-state index in [9.17, 15) is 0 Å². The summed E-state index contributed by atoms with van der Waals surface area (Å²) in [6, 6.07) is 59.7. The van der Waals surface area contributed by atoms with Crippen LogP contribution in [0.1, 0.15) is 175 Å². The number of nitrogens with zero attached hydrogens (tertiary/aromatic N) is 3. The molecule has 0 amide bonds. The van der Waals surface area contributed by atoms with Crippen molar-refractivity contribution in [2.45, 2.75) is 179 Å². The topological polar surface area (TPSA) is 22.9 Å². The lowest BCUT2D eigenvalue weighted by molar-refractivity contribution is 0.195. The van der Waals surface area contributed by atoms with Crippen LogP contribution in [0, 0.1) is 0 Å². The quantitative estimate of drug-likeness (QED) is 0.164. The molecule has 2 atom stereocenters. The highest BCUT2D eigenvalue weighted by Crippen LogP contribution is 2.62. The van der Waals surface area contributed by atoms with Crippen LogP contribution in [0.5, 0.6) is 0 Å². The van der Waals surface area contributed by atoms with Gasteiger partial charge in [0.25, 0.3) is 6.71 Å². The summed E-state index contributed by atoms with van der Waals surface area (Å²) in [6.07, 6.45) is 9.41. The Morgan fingerprint density at radius 3 is 1.77 bits per heavy atom. The van der Waals surface area contributed by atoms with Gasteiger partial charge in [0.1, 0.15) is 11.2 Å². The molecule has 6 aliphatic rings. The lowest BCUT2D eigenvalue weighted by atomic mass is 9.33. The molecule has 408 valence electrons. The van der Waals surface area contributed by atoms with Crippen molar-refractivity contribution in [3.63, 3.8) is 0 Å². The zero-order valence-corrected chi connectivity index (χ0v) is 50.4. The number of furan rings is 1. The Morgan fingerprint density at radius 1 is 0.420 bits per heavy atom. The number of rotatable bonds is 4. The maximum Gasteiger partial charge on any atom is 0.252 e. The minimum Gasteiger partial charge on any atom is -0.456 e. The predicted molar refractivity (Wildman–Crippen MR) is 345 cm³/mol. The zero-order valence-electron chi connectivity index (χ0n) is 50.4. The summed E-state index contributed by atoms with van der Waals surface area (Å²) >= 11 is 0. The fourth-order valence-corrected chi connectivity index (χ4v) is 16.8. The first-order chi connectivity index (χ1) is 38.5. The van der Waals surface area contributed by atoms with Crippen molar-refractivity contribution in [1.82, 2.24) is 0 Å². The second-order valence-corrected chi connectivity index (χ2v) is 29.7. The Balaban J connectivity index is 1.05. The Bertz CT molecular complexity index is 4130. The number of fused-ring (bicyclic) bond motifs is 12. The highest BCUT2D eigenvalue weighted by Gasteiger charge is 2.58. The van der Waals surface area contributed by atoms with Crippen molar-refractivity contribution < 1.29 is 4.42 Å². The highest BCUT2D eigenvalue weighted by molar-refractivity contribution is 7.00. The molecule has 81 heavy (non-hydrogen) atoms. The first kappa shape index (κ1) is 50.9. The van der Waals surface area contributed by atoms with Crippen molar-refractivity contribution in [3.05, 3.63) is 185 Å². The lowest BCUT2D eigenvalue weighted by Gasteiger charge is -2.51. The molecule has 1 saturated carbocycles. The van der Waals surface area contributed by atoms with E-state index in [0.29, 0.717) is 0 Å². The van der Waals surface area contributed by atoms with E-state index in [1.54, 1.807) is 0 Å². The molecule has 3 aliphatic heterocycles. The molecule has 5 heteroatoms. The number of hydrogen-bond acceptors (Lipinski definition) is 4. The normalized spacial score (nSPS) is 22.4. The van der Waals surface area contributed by atoms with Gasteiger partial charge in [0.15, 0.2) is 0 Å². The molecule has 0 bridgehead atoms. The maximum absolute atomic E-state index is 6.83. The molecule has 8 aromatic carbocycles. The van der Waals surface area contributed by atoms with Crippen LogP contribution in [0.3, 0.4) is 0 Å². The van der Waals surface area contributed by atoms with Crippen molar-refractivity contribution in [2.75, 3.05) is 14.7 Å². The number of para-hydroxylation sites is 1. The molecular formula is C76H80BN3O. The average molecular weight is 1060 g/mol. The third kappa shape index (κ3) is 7.15. The van der Waals surface area contributed by atoms with E-state index >= 15 is 0 Å². The van der Waals surface area contributed by atoms with Gasteiger partial charge in [-0.3, -0.25) is 0 Å². The molecular weight excluding hydrogens is 982 g/mol. The summed E-state index contributed by atoms with van der Waals surface area (Å²) < 4.78 is 6.83. The minimum atomic E-state index is -0.170. The molecule has 1 aromatic heterocycles. The van der Waals surface area contributed by atoms with E-state index < -0.39 is 0 Å². The maximum atomic E-state index is 6.83. The van der Waals surface area contributed by atoms with Gasteiger partial charge in [0, 0.05) is 50.6 Å². The Hall–Kier alpha value is -6.98. The van der Waals surface area contributed by atoms with E-state index in [2.05, 4.69) is 256 Å². The molecule has 9 aromatic rings. The molecule has 3 aliphatic carbocycles. The van der Waals surface area contributed by atoms with Gasteiger partial charge in [-0.15, -0.1) is 0 Å². The van der Waals surface area contributed by atoms with Crippen molar-refractivity contribution in [2.24, 2.45) is 0 Å². The van der Waals surface area contributed by atoms with Gasteiger partial charge < -0.3 is 19.1 Å². The molecule has 0 saturated heterocycles. The number of hydrogen-bond donors (Lipinski definition) is 0. The second-order valence-electron chi connectivity index (χ2n) is 29.7. The molecule has 1 fully saturated rings.